The molecule has 0 N–H and O–H groups in total. The third kappa shape index (κ3) is 4.23. The maximum Gasteiger partial charge on any atom is 0.326 e. The first kappa shape index (κ1) is 20.0. The van der Waals surface area contributed by atoms with Crippen molar-refractivity contribution in [3.05, 3.63) is 53.1 Å². The highest BCUT2D eigenvalue weighted by atomic mass is 32.2. The molecule has 0 saturated heterocycles. The van der Waals surface area contributed by atoms with Crippen LogP contribution < -0.4 is 9.54 Å². The number of hydrogen-bond acceptors (Lipinski definition) is 6. The quantitative estimate of drug-likeness (QED) is 0.568. The van der Waals surface area contributed by atoms with Gasteiger partial charge in [0.05, 0.1) is 28.8 Å². The fourth-order valence-corrected chi connectivity index (χ4v) is 4.76. The van der Waals surface area contributed by atoms with E-state index < -0.39 is 21.8 Å². The summed E-state index contributed by atoms with van der Waals surface area (Å²) in [6.45, 7) is 1.69. The maximum atomic E-state index is 13.1. The maximum absolute atomic E-state index is 13.1. The zero-order valence-corrected chi connectivity index (χ0v) is 16.7. The van der Waals surface area contributed by atoms with Crippen LogP contribution in [0.2, 0.25) is 0 Å². The average Bonchev–Trinajstić information content (AvgIpc) is 2.97. The molecule has 0 aliphatic heterocycles. The summed E-state index contributed by atoms with van der Waals surface area (Å²) in [5.41, 5.74) is 0.618. The number of methoxy groups -OCH3 is 1. The van der Waals surface area contributed by atoms with Crippen LogP contribution in [0.25, 0.3) is 10.2 Å². The van der Waals surface area contributed by atoms with Gasteiger partial charge >= 0.3 is 5.97 Å². The highest BCUT2D eigenvalue weighted by molar-refractivity contribution is 7.90. The summed E-state index contributed by atoms with van der Waals surface area (Å²) in [4.78, 5) is 12.0. The van der Waals surface area contributed by atoms with Gasteiger partial charge in [0, 0.05) is 0 Å². The molecule has 10 heteroatoms. The first-order chi connectivity index (χ1) is 13.3. The summed E-state index contributed by atoms with van der Waals surface area (Å²) in [6, 6.07) is 9.52. The lowest BCUT2D eigenvalue weighted by atomic mass is 10.3. The minimum Gasteiger partial charge on any atom is -0.497 e. The molecule has 148 valence electrons. The largest absolute Gasteiger partial charge is 0.497 e. The first-order valence-corrected chi connectivity index (χ1v) is 10.5. The zero-order valence-electron chi connectivity index (χ0n) is 15.1. The Hall–Kier alpha value is -2.72. The third-order valence-corrected chi connectivity index (χ3v) is 6.23. The van der Waals surface area contributed by atoms with E-state index in [1.54, 1.807) is 25.1 Å². The molecule has 3 rings (SSSR count). The molecule has 0 spiro atoms. The standard InChI is InChI=1S/C18H17FN2O5S2/c1-3-26-17(22)11-21-15-9-6-13(25-2)10-16(15)27-18(21)20-28(23,24)14-7-4-12(19)5-8-14/h4-10H,3,11H2,1-2H3/b20-18-. The van der Waals surface area contributed by atoms with E-state index in [1.165, 1.54) is 11.7 Å². The number of ether oxygens (including phenoxy) is 2. The molecule has 1 heterocycles. The van der Waals surface area contributed by atoms with Gasteiger partial charge in [0.15, 0.2) is 0 Å². The van der Waals surface area contributed by atoms with E-state index >= 15 is 0 Å². The normalized spacial score (nSPS) is 12.3. The van der Waals surface area contributed by atoms with Crippen LogP contribution in [0.1, 0.15) is 6.92 Å². The molecule has 0 radical (unpaired) electrons. The summed E-state index contributed by atoms with van der Waals surface area (Å²) < 4.78 is 54.6. The number of benzene rings is 2. The number of esters is 1. The number of aromatic nitrogens is 1. The van der Waals surface area contributed by atoms with Crippen LogP contribution >= 0.6 is 11.3 Å². The molecule has 0 atom stereocenters. The molecule has 3 aromatic rings. The van der Waals surface area contributed by atoms with Gasteiger partial charge in [-0.2, -0.15) is 8.42 Å². The van der Waals surface area contributed by atoms with Crippen LogP contribution in [0.15, 0.2) is 51.8 Å². The van der Waals surface area contributed by atoms with Gasteiger partial charge in [-0.1, -0.05) is 11.3 Å². The van der Waals surface area contributed by atoms with Crippen molar-refractivity contribution in [1.29, 1.82) is 0 Å². The Morgan fingerprint density at radius 2 is 1.93 bits per heavy atom. The molecule has 0 unspecified atom stereocenters. The SMILES string of the molecule is CCOC(=O)Cn1/c(=N/S(=O)(=O)c2ccc(F)cc2)sc2cc(OC)ccc21. The van der Waals surface area contributed by atoms with Crippen molar-refractivity contribution in [2.45, 2.75) is 18.4 Å². The Balaban J connectivity index is 2.18. The Labute approximate surface area is 164 Å². The Morgan fingerprint density at radius 3 is 2.57 bits per heavy atom. The number of rotatable bonds is 6. The molecular formula is C18H17FN2O5S2. The minimum absolute atomic E-state index is 0.0978. The Kier molecular flexibility index (Phi) is 5.80. The monoisotopic (exact) mass is 424 g/mol. The van der Waals surface area contributed by atoms with Crippen LogP contribution in [-0.2, 0) is 26.1 Å². The smallest absolute Gasteiger partial charge is 0.326 e. The van der Waals surface area contributed by atoms with Crippen molar-refractivity contribution >= 4 is 37.5 Å². The number of fused-ring (bicyclic) bond motifs is 1. The fraction of sp³-hybridized carbons (Fsp3) is 0.222. The third-order valence-electron chi connectivity index (χ3n) is 3.79. The number of nitrogens with zero attached hydrogens (tertiary/aromatic N) is 2. The van der Waals surface area contributed by atoms with Crippen molar-refractivity contribution in [3.63, 3.8) is 0 Å². The van der Waals surface area contributed by atoms with Crippen LogP contribution in [0.5, 0.6) is 5.75 Å². The molecule has 28 heavy (non-hydrogen) atoms. The van der Waals surface area contributed by atoms with Crippen LogP contribution in [0.4, 0.5) is 4.39 Å². The highest BCUT2D eigenvalue weighted by Gasteiger charge is 2.17. The second-order valence-corrected chi connectivity index (χ2v) is 8.24. The molecule has 0 fully saturated rings. The van der Waals surface area contributed by atoms with Gasteiger partial charge in [0.25, 0.3) is 10.0 Å². The molecule has 0 saturated carbocycles. The molecule has 1 aromatic heterocycles. The predicted octanol–water partition coefficient (Wildman–Crippen LogP) is 2.70. The summed E-state index contributed by atoms with van der Waals surface area (Å²) in [5, 5.41) is 0. The van der Waals surface area contributed by atoms with Gasteiger partial charge in [-0.3, -0.25) is 4.79 Å². The van der Waals surface area contributed by atoms with Crippen LogP contribution in [0, 0.1) is 5.82 Å². The van der Waals surface area contributed by atoms with E-state index in [9.17, 15) is 17.6 Å². The van der Waals surface area contributed by atoms with Gasteiger partial charge in [-0.25, -0.2) is 4.39 Å². The van der Waals surface area contributed by atoms with E-state index in [0.717, 1.165) is 35.6 Å². The lowest BCUT2D eigenvalue weighted by molar-refractivity contribution is -0.143. The number of carbonyl (C=O) groups excluding carboxylic acids is 1. The lowest BCUT2D eigenvalue weighted by Gasteiger charge is -2.06. The number of sulfonamides is 1. The van der Waals surface area contributed by atoms with Gasteiger partial charge in [0.1, 0.15) is 18.1 Å². The number of thiazole rings is 1. The summed E-state index contributed by atoms with van der Waals surface area (Å²) in [5.74, 6) is -0.478. The van der Waals surface area contributed by atoms with Gasteiger partial charge in [-0.15, -0.1) is 4.40 Å². The van der Waals surface area contributed by atoms with E-state index in [4.69, 9.17) is 9.47 Å². The number of halogens is 1. The number of carbonyl (C=O) groups is 1. The molecule has 0 aliphatic rings. The molecule has 2 aromatic carbocycles. The van der Waals surface area contributed by atoms with E-state index in [0.29, 0.717) is 16.0 Å². The fourth-order valence-electron chi connectivity index (χ4n) is 2.50. The van der Waals surface area contributed by atoms with Crippen LogP contribution in [-0.4, -0.2) is 32.7 Å². The van der Waals surface area contributed by atoms with E-state index in [1.807, 2.05) is 0 Å². The highest BCUT2D eigenvalue weighted by Crippen LogP contribution is 2.24. The summed E-state index contributed by atoms with van der Waals surface area (Å²) in [6.07, 6.45) is 0. The summed E-state index contributed by atoms with van der Waals surface area (Å²) in [7, 11) is -2.58. The summed E-state index contributed by atoms with van der Waals surface area (Å²) >= 11 is 1.09. The topological polar surface area (TPSA) is 87.0 Å². The molecule has 0 bridgehead atoms. The Bertz CT molecular complexity index is 1180. The zero-order chi connectivity index (χ0) is 20.3. The Morgan fingerprint density at radius 1 is 1.21 bits per heavy atom. The molecular weight excluding hydrogens is 407 g/mol. The van der Waals surface area contributed by atoms with Crippen molar-refractivity contribution in [2.75, 3.05) is 13.7 Å². The van der Waals surface area contributed by atoms with Crippen LogP contribution in [0.3, 0.4) is 0 Å². The second-order valence-electron chi connectivity index (χ2n) is 5.63. The van der Waals surface area contributed by atoms with Gasteiger partial charge in [0.2, 0.25) is 4.80 Å². The molecule has 0 amide bonds. The second kappa shape index (κ2) is 8.11. The predicted molar refractivity (Wildman–Crippen MR) is 102 cm³/mol. The minimum atomic E-state index is -4.10. The molecule has 0 aliphatic carbocycles. The van der Waals surface area contributed by atoms with E-state index in [2.05, 4.69) is 4.40 Å². The molecule has 7 nitrogen and oxygen atoms in total. The van der Waals surface area contributed by atoms with Crippen molar-refractivity contribution < 1.29 is 27.1 Å². The van der Waals surface area contributed by atoms with Gasteiger partial charge in [-0.05, 0) is 49.4 Å². The van der Waals surface area contributed by atoms with Crippen molar-refractivity contribution in [1.82, 2.24) is 4.57 Å². The van der Waals surface area contributed by atoms with Crippen molar-refractivity contribution in [3.8, 4) is 5.75 Å². The lowest BCUT2D eigenvalue weighted by Crippen LogP contribution is -2.23. The van der Waals surface area contributed by atoms with Crippen molar-refractivity contribution in [2.24, 2.45) is 4.40 Å². The first-order valence-electron chi connectivity index (χ1n) is 8.23. The van der Waals surface area contributed by atoms with E-state index in [-0.39, 0.29) is 22.8 Å². The average molecular weight is 424 g/mol. The number of hydrogen-bond donors (Lipinski definition) is 0. The van der Waals surface area contributed by atoms with Gasteiger partial charge < -0.3 is 14.0 Å².